The Morgan fingerprint density at radius 2 is 1.68 bits per heavy atom. The maximum Gasteiger partial charge on any atom is 0.343 e. The number of nitrogens with zero attached hydrogens (tertiary/aromatic N) is 1. The van der Waals surface area contributed by atoms with E-state index in [-0.39, 0.29) is 27.3 Å². The summed E-state index contributed by atoms with van der Waals surface area (Å²) in [4.78, 5) is 33.4. The zero-order chi connectivity index (χ0) is 16.3. The Labute approximate surface area is 134 Å². The van der Waals surface area contributed by atoms with Gasteiger partial charge < -0.3 is 4.74 Å². The molecule has 0 atom stereocenters. The first-order valence-electron chi connectivity index (χ1n) is 6.15. The summed E-state index contributed by atoms with van der Waals surface area (Å²) >= 11 is 3.04. The van der Waals surface area contributed by atoms with Crippen molar-refractivity contribution in [2.45, 2.75) is 6.92 Å². The third-order valence-corrected chi connectivity index (χ3v) is 3.52. The van der Waals surface area contributed by atoms with Crippen molar-refractivity contribution < 1.29 is 19.2 Å². The number of carbonyl (C=O) groups excluding carboxylic acids is 2. The molecule has 0 aliphatic heterocycles. The van der Waals surface area contributed by atoms with Gasteiger partial charge >= 0.3 is 5.97 Å². The number of Topliss-reactive ketones (excluding diaryl/α,β-unsaturated/α-hetero) is 1. The molecule has 0 heterocycles. The third-order valence-electron chi connectivity index (χ3n) is 2.85. The molecular weight excluding hydrogens is 354 g/mol. The molecule has 22 heavy (non-hydrogen) atoms. The van der Waals surface area contributed by atoms with Gasteiger partial charge in [0.05, 0.1) is 15.0 Å². The van der Waals surface area contributed by atoms with Gasteiger partial charge in [0.1, 0.15) is 5.75 Å². The van der Waals surface area contributed by atoms with Crippen LogP contribution in [0.3, 0.4) is 0 Å². The smallest absolute Gasteiger partial charge is 0.343 e. The van der Waals surface area contributed by atoms with Gasteiger partial charge in [0.15, 0.2) is 5.78 Å². The van der Waals surface area contributed by atoms with E-state index in [1.54, 1.807) is 0 Å². The average Bonchev–Trinajstić information content (AvgIpc) is 2.47. The van der Waals surface area contributed by atoms with Gasteiger partial charge in [-0.25, -0.2) is 4.79 Å². The Balaban J connectivity index is 2.20. The van der Waals surface area contributed by atoms with Gasteiger partial charge in [0.2, 0.25) is 0 Å². The minimum Gasteiger partial charge on any atom is -0.423 e. The topological polar surface area (TPSA) is 86.5 Å². The van der Waals surface area contributed by atoms with Crippen LogP contribution in [-0.4, -0.2) is 16.7 Å². The van der Waals surface area contributed by atoms with Crippen molar-refractivity contribution in [1.82, 2.24) is 0 Å². The minimum absolute atomic E-state index is 0.0607. The summed E-state index contributed by atoms with van der Waals surface area (Å²) in [6, 6.07) is 10.0. The molecule has 2 rings (SSSR count). The zero-order valence-electron chi connectivity index (χ0n) is 11.4. The van der Waals surface area contributed by atoms with Crippen LogP contribution in [0.5, 0.6) is 5.75 Å². The number of ketones is 1. The summed E-state index contributed by atoms with van der Waals surface area (Å²) in [7, 11) is 0. The van der Waals surface area contributed by atoms with Crippen LogP contribution in [0.2, 0.25) is 0 Å². The lowest BCUT2D eigenvalue weighted by Crippen LogP contribution is -2.09. The Morgan fingerprint density at radius 1 is 1.09 bits per heavy atom. The average molecular weight is 364 g/mol. The lowest BCUT2D eigenvalue weighted by Gasteiger charge is -2.05. The van der Waals surface area contributed by atoms with Crippen LogP contribution in [0.25, 0.3) is 0 Å². The SMILES string of the molecule is CC(=O)c1ccc(OC(=O)c2ccc(Br)c([N+](=O)[O-])c2)cc1. The minimum atomic E-state index is -0.717. The number of hydrogen-bond donors (Lipinski definition) is 0. The van der Waals surface area contributed by atoms with Gasteiger partial charge in [-0.2, -0.15) is 0 Å². The molecule has 0 N–H and O–H groups in total. The lowest BCUT2D eigenvalue weighted by atomic mass is 10.1. The second kappa shape index (κ2) is 6.48. The number of hydrogen-bond acceptors (Lipinski definition) is 5. The Morgan fingerprint density at radius 3 is 2.23 bits per heavy atom. The molecule has 112 valence electrons. The van der Waals surface area contributed by atoms with E-state index in [0.29, 0.717) is 5.56 Å². The number of halogens is 1. The van der Waals surface area contributed by atoms with E-state index in [2.05, 4.69) is 15.9 Å². The number of nitro groups is 1. The summed E-state index contributed by atoms with van der Waals surface area (Å²) in [5.41, 5.74) is 0.339. The van der Waals surface area contributed by atoms with Crippen LogP contribution >= 0.6 is 15.9 Å². The monoisotopic (exact) mass is 363 g/mol. The van der Waals surface area contributed by atoms with Gasteiger partial charge in [-0.05, 0) is 59.3 Å². The van der Waals surface area contributed by atoms with Crippen LogP contribution in [0.15, 0.2) is 46.9 Å². The maximum atomic E-state index is 12.0. The fourth-order valence-electron chi connectivity index (χ4n) is 1.70. The summed E-state index contributed by atoms with van der Waals surface area (Å²) in [5.74, 6) is -0.562. The Bertz CT molecular complexity index is 755. The fourth-order valence-corrected chi connectivity index (χ4v) is 2.09. The van der Waals surface area contributed by atoms with Crippen molar-refractivity contribution in [3.63, 3.8) is 0 Å². The largest absolute Gasteiger partial charge is 0.423 e. The van der Waals surface area contributed by atoms with Gasteiger partial charge in [0.25, 0.3) is 5.69 Å². The van der Waals surface area contributed by atoms with Gasteiger partial charge in [-0.3, -0.25) is 14.9 Å². The summed E-state index contributed by atoms with van der Waals surface area (Å²) in [6.07, 6.45) is 0. The van der Waals surface area contributed by atoms with E-state index in [9.17, 15) is 19.7 Å². The van der Waals surface area contributed by atoms with Crippen molar-refractivity contribution in [2.24, 2.45) is 0 Å². The quantitative estimate of drug-likeness (QED) is 0.271. The van der Waals surface area contributed by atoms with E-state index < -0.39 is 10.9 Å². The number of esters is 1. The van der Waals surface area contributed by atoms with Crippen LogP contribution in [0.4, 0.5) is 5.69 Å². The van der Waals surface area contributed by atoms with E-state index in [1.807, 2.05) is 0 Å². The first-order valence-corrected chi connectivity index (χ1v) is 6.95. The van der Waals surface area contributed by atoms with Crippen LogP contribution in [-0.2, 0) is 0 Å². The standard InChI is InChI=1S/C15H10BrNO5/c1-9(18)10-2-5-12(6-3-10)22-15(19)11-4-7-13(16)14(8-11)17(20)21/h2-8H,1H3. The highest BCUT2D eigenvalue weighted by molar-refractivity contribution is 9.10. The lowest BCUT2D eigenvalue weighted by molar-refractivity contribution is -0.385. The second-order valence-electron chi connectivity index (χ2n) is 4.39. The highest BCUT2D eigenvalue weighted by Crippen LogP contribution is 2.26. The maximum absolute atomic E-state index is 12.0. The molecule has 0 aliphatic carbocycles. The van der Waals surface area contributed by atoms with Gasteiger partial charge in [0, 0.05) is 11.6 Å². The molecule has 0 unspecified atom stereocenters. The number of nitro benzene ring substituents is 1. The molecule has 2 aromatic carbocycles. The molecular formula is C15H10BrNO5. The normalized spacial score (nSPS) is 10.1. The fraction of sp³-hybridized carbons (Fsp3) is 0.0667. The van der Waals surface area contributed by atoms with E-state index in [4.69, 9.17) is 4.74 Å². The highest BCUT2D eigenvalue weighted by Gasteiger charge is 2.17. The summed E-state index contributed by atoms with van der Waals surface area (Å²) in [5, 5.41) is 10.8. The van der Waals surface area contributed by atoms with Crippen molar-refractivity contribution >= 4 is 33.4 Å². The number of carbonyl (C=O) groups is 2. The van der Waals surface area contributed by atoms with E-state index >= 15 is 0 Å². The molecule has 0 aliphatic rings. The molecule has 6 nitrogen and oxygen atoms in total. The third kappa shape index (κ3) is 3.56. The molecule has 0 amide bonds. The summed E-state index contributed by atoms with van der Waals surface area (Å²) < 4.78 is 5.40. The predicted molar refractivity (Wildman–Crippen MR) is 82.2 cm³/mol. The molecule has 7 heteroatoms. The number of rotatable bonds is 4. The van der Waals surface area contributed by atoms with Crippen LogP contribution in [0, 0.1) is 10.1 Å². The molecule has 0 bridgehead atoms. The number of ether oxygens (including phenoxy) is 1. The predicted octanol–water partition coefficient (Wildman–Crippen LogP) is 3.78. The van der Waals surface area contributed by atoms with Crippen molar-refractivity contribution in [3.8, 4) is 5.75 Å². The molecule has 0 saturated carbocycles. The highest BCUT2D eigenvalue weighted by atomic mass is 79.9. The molecule has 2 aromatic rings. The summed E-state index contributed by atoms with van der Waals surface area (Å²) in [6.45, 7) is 1.43. The van der Waals surface area contributed by atoms with Gasteiger partial charge in [-0.15, -0.1) is 0 Å². The molecule has 0 saturated heterocycles. The van der Waals surface area contributed by atoms with Crippen molar-refractivity contribution in [2.75, 3.05) is 0 Å². The molecule has 0 fully saturated rings. The van der Waals surface area contributed by atoms with Crippen LogP contribution in [0.1, 0.15) is 27.6 Å². The zero-order valence-corrected chi connectivity index (χ0v) is 13.0. The first-order chi connectivity index (χ1) is 10.4. The molecule has 0 aromatic heterocycles. The van der Waals surface area contributed by atoms with E-state index in [0.717, 1.165) is 6.07 Å². The molecule has 0 spiro atoms. The van der Waals surface area contributed by atoms with Crippen molar-refractivity contribution in [3.05, 3.63) is 68.2 Å². The van der Waals surface area contributed by atoms with Crippen LogP contribution < -0.4 is 4.74 Å². The molecule has 0 radical (unpaired) electrons. The number of benzene rings is 2. The first kappa shape index (κ1) is 15.8. The van der Waals surface area contributed by atoms with E-state index in [1.165, 1.54) is 43.3 Å². The van der Waals surface area contributed by atoms with Gasteiger partial charge in [-0.1, -0.05) is 0 Å². The Kier molecular flexibility index (Phi) is 4.67. The Hall–Kier alpha value is -2.54. The van der Waals surface area contributed by atoms with Crippen molar-refractivity contribution in [1.29, 1.82) is 0 Å². The second-order valence-corrected chi connectivity index (χ2v) is 5.25.